The number of aryl methyl sites for hydroxylation is 2. The number of hydrogen-bond acceptors (Lipinski definition) is 4. The van der Waals surface area contributed by atoms with Crippen molar-refractivity contribution < 1.29 is 9.18 Å². The lowest BCUT2D eigenvalue weighted by Crippen LogP contribution is -2.35. The van der Waals surface area contributed by atoms with Gasteiger partial charge in [-0.25, -0.2) is 4.39 Å². The zero-order valence-corrected chi connectivity index (χ0v) is 17.4. The number of carbonyl (C=O) groups is 1. The van der Waals surface area contributed by atoms with Crippen LogP contribution in [0.5, 0.6) is 0 Å². The van der Waals surface area contributed by atoms with Gasteiger partial charge in [0.1, 0.15) is 5.82 Å². The molecule has 26 heavy (non-hydrogen) atoms. The zero-order chi connectivity index (χ0) is 17.8. The van der Waals surface area contributed by atoms with Gasteiger partial charge in [-0.05, 0) is 67.8 Å². The van der Waals surface area contributed by atoms with E-state index in [0.717, 1.165) is 29.6 Å². The molecule has 0 fully saturated rings. The SMILES string of the molecule is Br.Cc1ccc(N(CC(=O)c2ccc(F)cc2)C2=NCCCS2)cc1C. The van der Waals surface area contributed by atoms with Gasteiger partial charge in [0.05, 0.1) is 6.54 Å². The van der Waals surface area contributed by atoms with E-state index >= 15 is 0 Å². The van der Waals surface area contributed by atoms with Crippen LogP contribution in [0.1, 0.15) is 27.9 Å². The number of anilines is 1. The van der Waals surface area contributed by atoms with Crippen molar-refractivity contribution in [2.24, 2.45) is 4.99 Å². The van der Waals surface area contributed by atoms with Gasteiger partial charge in [0.2, 0.25) is 0 Å². The number of amidine groups is 1. The van der Waals surface area contributed by atoms with Crippen LogP contribution in [0.15, 0.2) is 47.5 Å². The molecule has 0 saturated heterocycles. The van der Waals surface area contributed by atoms with Crippen molar-refractivity contribution >= 4 is 45.4 Å². The average molecular weight is 437 g/mol. The molecule has 1 heterocycles. The van der Waals surface area contributed by atoms with Crippen molar-refractivity contribution in [3.05, 3.63) is 65.0 Å². The van der Waals surface area contributed by atoms with Crippen LogP contribution in [0.4, 0.5) is 10.1 Å². The fourth-order valence-electron chi connectivity index (χ4n) is 2.65. The first-order chi connectivity index (χ1) is 12.0. The van der Waals surface area contributed by atoms with Crippen LogP contribution in [0.25, 0.3) is 0 Å². The third-order valence-electron chi connectivity index (χ3n) is 4.28. The Labute approximate surface area is 168 Å². The molecule has 0 bridgehead atoms. The minimum atomic E-state index is -0.338. The Hall–Kier alpha value is -1.66. The van der Waals surface area contributed by atoms with E-state index in [0.29, 0.717) is 5.56 Å². The van der Waals surface area contributed by atoms with Crippen molar-refractivity contribution in [3.8, 4) is 0 Å². The molecular weight excluding hydrogens is 415 g/mol. The molecule has 0 aliphatic carbocycles. The Morgan fingerprint density at radius 3 is 2.50 bits per heavy atom. The second-order valence-electron chi connectivity index (χ2n) is 6.15. The Morgan fingerprint density at radius 2 is 1.88 bits per heavy atom. The highest BCUT2D eigenvalue weighted by atomic mass is 79.9. The fourth-order valence-corrected chi connectivity index (χ4v) is 3.61. The number of benzene rings is 2. The Bertz CT molecular complexity index is 808. The molecule has 3 rings (SSSR count). The van der Waals surface area contributed by atoms with E-state index < -0.39 is 0 Å². The second-order valence-corrected chi connectivity index (χ2v) is 7.21. The van der Waals surface area contributed by atoms with Gasteiger partial charge in [-0.1, -0.05) is 17.8 Å². The monoisotopic (exact) mass is 436 g/mol. The van der Waals surface area contributed by atoms with Crippen molar-refractivity contribution in [2.75, 3.05) is 23.7 Å². The predicted octanol–water partition coefficient (Wildman–Crippen LogP) is 5.20. The molecule has 138 valence electrons. The Kier molecular flexibility index (Phi) is 7.41. The lowest BCUT2D eigenvalue weighted by atomic mass is 10.1. The molecule has 0 saturated carbocycles. The third-order valence-corrected chi connectivity index (χ3v) is 5.38. The molecule has 0 radical (unpaired) electrons. The van der Waals surface area contributed by atoms with E-state index in [1.807, 2.05) is 11.0 Å². The third kappa shape index (κ3) is 4.95. The first-order valence-electron chi connectivity index (χ1n) is 8.35. The zero-order valence-electron chi connectivity index (χ0n) is 14.9. The van der Waals surface area contributed by atoms with E-state index in [-0.39, 0.29) is 35.1 Å². The first kappa shape index (κ1) is 20.6. The quantitative estimate of drug-likeness (QED) is 0.617. The van der Waals surface area contributed by atoms with Crippen LogP contribution in [-0.4, -0.2) is 29.8 Å². The number of Topliss-reactive ketones (excluding diaryl/α,β-unsaturated/α-hetero) is 1. The number of carbonyl (C=O) groups excluding carboxylic acids is 1. The van der Waals surface area contributed by atoms with Gasteiger partial charge in [-0.2, -0.15) is 0 Å². The summed E-state index contributed by atoms with van der Waals surface area (Å²) in [4.78, 5) is 19.3. The summed E-state index contributed by atoms with van der Waals surface area (Å²) in [6.45, 7) is 5.11. The topological polar surface area (TPSA) is 32.7 Å². The minimum absolute atomic E-state index is 0. The summed E-state index contributed by atoms with van der Waals surface area (Å²) in [5, 5.41) is 0.880. The fraction of sp³-hybridized carbons (Fsp3) is 0.300. The van der Waals surface area contributed by atoms with Gasteiger partial charge >= 0.3 is 0 Å². The van der Waals surface area contributed by atoms with E-state index in [9.17, 15) is 9.18 Å². The summed E-state index contributed by atoms with van der Waals surface area (Å²) in [5.74, 6) is 0.618. The highest BCUT2D eigenvalue weighted by Crippen LogP contribution is 2.25. The maximum atomic E-state index is 13.1. The molecule has 0 N–H and O–H groups in total. The summed E-state index contributed by atoms with van der Waals surface area (Å²) in [5.41, 5.74) is 3.87. The number of aliphatic imine (C=N–C) groups is 1. The Morgan fingerprint density at radius 1 is 1.15 bits per heavy atom. The van der Waals surface area contributed by atoms with Gasteiger partial charge in [0.15, 0.2) is 11.0 Å². The van der Waals surface area contributed by atoms with Crippen LogP contribution >= 0.6 is 28.7 Å². The molecule has 3 nitrogen and oxygen atoms in total. The van der Waals surface area contributed by atoms with Crippen LogP contribution in [0.3, 0.4) is 0 Å². The van der Waals surface area contributed by atoms with E-state index in [1.54, 1.807) is 11.8 Å². The summed E-state index contributed by atoms with van der Waals surface area (Å²) >= 11 is 1.68. The van der Waals surface area contributed by atoms with Gasteiger partial charge in [0, 0.05) is 23.5 Å². The molecule has 2 aromatic carbocycles. The van der Waals surface area contributed by atoms with Crippen molar-refractivity contribution in [1.29, 1.82) is 0 Å². The minimum Gasteiger partial charge on any atom is -0.313 e. The largest absolute Gasteiger partial charge is 0.313 e. The molecule has 0 aromatic heterocycles. The van der Waals surface area contributed by atoms with E-state index in [4.69, 9.17) is 0 Å². The van der Waals surface area contributed by atoms with Crippen LogP contribution in [0.2, 0.25) is 0 Å². The number of nitrogens with zero attached hydrogens (tertiary/aromatic N) is 2. The van der Waals surface area contributed by atoms with Crippen LogP contribution < -0.4 is 4.90 Å². The van der Waals surface area contributed by atoms with Crippen LogP contribution in [0, 0.1) is 19.7 Å². The number of rotatable bonds is 4. The molecule has 1 aliphatic heterocycles. The lowest BCUT2D eigenvalue weighted by molar-refractivity contribution is 0.100. The van der Waals surface area contributed by atoms with Gasteiger partial charge in [-0.15, -0.1) is 17.0 Å². The highest BCUT2D eigenvalue weighted by Gasteiger charge is 2.21. The van der Waals surface area contributed by atoms with Gasteiger partial charge in [0.25, 0.3) is 0 Å². The first-order valence-corrected chi connectivity index (χ1v) is 9.34. The van der Waals surface area contributed by atoms with Gasteiger partial charge in [-0.3, -0.25) is 9.79 Å². The summed E-state index contributed by atoms with van der Waals surface area (Å²) in [6, 6.07) is 11.9. The molecule has 2 aromatic rings. The van der Waals surface area contributed by atoms with E-state index in [2.05, 4.69) is 31.0 Å². The molecular formula is C20H22BrFN2OS. The highest BCUT2D eigenvalue weighted by molar-refractivity contribution is 8.93. The number of halogens is 2. The standard InChI is InChI=1S/C20H21FN2OS.BrH/c1-14-4-9-18(12-15(14)2)23(20-22-10-3-11-25-20)13-19(24)16-5-7-17(21)8-6-16;/h4-9,12H,3,10-11,13H2,1-2H3;1H. The number of hydrogen-bond donors (Lipinski definition) is 0. The molecule has 0 unspecified atom stereocenters. The molecule has 0 atom stereocenters. The summed E-state index contributed by atoms with van der Waals surface area (Å²) < 4.78 is 13.1. The average Bonchev–Trinajstić information content (AvgIpc) is 2.63. The lowest BCUT2D eigenvalue weighted by Gasteiger charge is -2.27. The number of thioether (sulfide) groups is 1. The van der Waals surface area contributed by atoms with E-state index in [1.165, 1.54) is 35.4 Å². The maximum Gasteiger partial charge on any atom is 0.182 e. The normalized spacial score (nSPS) is 13.6. The second kappa shape index (κ2) is 9.33. The van der Waals surface area contributed by atoms with Crippen LogP contribution in [-0.2, 0) is 0 Å². The molecule has 1 aliphatic rings. The maximum absolute atomic E-state index is 13.1. The van der Waals surface area contributed by atoms with Crippen molar-refractivity contribution in [3.63, 3.8) is 0 Å². The van der Waals surface area contributed by atoms with Crippen molar-refractivity contribution in [1.82, 2.24) is 0 Å². The molecule has 6 heteroatoms. The predicted molar refractivity (Wildman–Crippen MR) is 114 cm³/mol. The van der Waals surface area contributed by atoms with Gasteiger partial charge < -0.3 is 4.90 Å². The smallest absolute Gasteiger partial charge is 0.182 e. The molecule has 0 spiro atoms. The number of ketones is 1. The Balaban J connectivity index is 0.00000243. The summed E-state index contributed by atoms with van der Waals surface area (Å²) in [6.07, 6.45) is 1.06. The molecule has 0 amide bonds. The van der Waals surface area contributed by atoms with Crippen molar-refractivity contribution in [2.45, 2.75) is 20.3 Å². The summed E-state index contributed by atoms with van der Waals surface area (Å²) in [7, 11) is 0.